The molecule has 0 aromatic carbocycles. The molecule has 3 heteroatoms. The van der Waals surface area contributed by atoms with E-state index in [0.29, 0.717) is 11.3 Å². The van der Waals surface area contributed by atoms with Crippen LogP contribution in [0.25, 0.3) is 0 Å². The molecule has 0 saturated heterocycles. The molecule has 2 rings (SSSR count). The van der Waals surface area contributed by atoms with Gasteiger partial charge in [0.05, 0.1) is 6.20 Å². The molecule has 0 aliphatic heterocycles. The molecule has 1 heterocycles. The Morgan fingerprint density at radius 3 is 2.24 bits per heavy atom. The van der Waals surface area contributed by atoms with E-state index in [1.54, 1.807) is 6.20 Å². The summed E-state index contributed by atoms with van der Waals surface area (Å²) in [5.41, 5.74) is 0.425. The van der Waals surface area contributed by atoms with Crippen molar-refractivity contribution in [2.75, 3.05) is 0 Å². The van der Waals surface area contributed by atoms with Crippen molar-refractivity contribution in [2.24, 2.45) is 18.4 Å². The number of aryl methyl sites for hydroxylation is 1. The number of nitrogens with zero attached hydrogens (tertiary/aromatic N) is 2. The monoisotopic (exact) mass is 236 g/mol. The summed E-state index contributed by atoms with van der Waals surface area (Å²) in [5, 5.41) is 9.41. The van der Waals surface area contributed by atoms with Crippen molar-refractivity contribution in [3.63, 3.8) is 0 Å². The van der Waals surface area contributed by atoms with Crippen LogP contribution in [0.4, 0.5) is 0 Å². The zero-order valence-electron chi connectivity index (χ0n) is 11.4. The minimum Gasteiger partial charge on any atom is -0.492 e. The fraction of sp³-hybridized carbons (Fsp3) is 0.786. The lowest BCUT2D eigenvalue weighted by Gasteiger charge is -2.36. The lowest BCUT2D eigenvalue weighted by molar-refractivity contribution is 0.166. The van der Waals surface area contributed by atoms with Crippen LogP contribution in [0.5, 0.6) is 5.88 Å². The minimum atomic E-state index is 0.153. The van der Waals surface area contributed by atoms with E-state index in [1.807, 2.05) is 11.6 Å². The molecule has 1 aliphatic carbocycles. The molecule has 1 aromatic heterocycles. The Bertz CT molecular complexity index is 381. The Morgan fingerprint density at radius 2 is 1.82 bits per heavy atom. The second kappa shape index (κ2) is 4.35. The average molecular weight is 236 g/mol. The highest BCUT2D eigenvalue weighted by Crippen LogP contribution is 2.42. The molecule has 17 heavy (non-hydrogen) atoms. The van der Waals surface area contributed by atoms with Gasteiger partial charge in [-0.3, -0.25) is 0 Å². The Hall–Kier alpha value is -0.990. The Labute approximate surface area is 104 Å². The summed E-state index contributed by atoms with van der Waals surface area (Å²) in [4.78, 5) is 4.24. The zero-order valence-corrected chi connectivity index (χ0v) is 11.4. The van der Waals surface area contributed by atoms with Crippen LogP contribution < -0.4 is 0 Å². The predicted molar refractivity (Wildman–Crippen MR) is 69.0 cm³/mol. The summed E-state index contributed by atoms with van der Waals surface area (Å²) in [7, 11) is 1.97. The molecule has 3 nitrogen and oxygen atoms in total. The lowest BCUT2D eigenvalue weighted by Crippen LogP contribution is -2.26. The highest BCUT2D eigenvalue weighted by atomic mass is 16.3. The normalized spacial score (nSPS) is 26.1. The molecule has 0 atom stereocenters. The van der Waals surface area contributed by atoms with Crippen molar-refractivity contribution in [3.8, 4) is 5.88 Å². The third-order valence-electron chi connectivity index (χ3n) is 4.22. The minimum absolute atomic E-state index is 0.153. The first-order valence-corrected chi connectivity index (χ1v) is 6.60. The van der Waals surface area contributed by atoms with Crippen molar-refractivity contribution in [2.45, 2.75) is 52.4 Å². The number of hydrogen-bond acceptors (Lipinski definition) is 2. The molecule has 1 saturated carbocycles. The van der Waals surface area contributed by atoms with Crippen LogP contribution in [0.3, 0.4) is 0 Å². The molecule has 1 aromatic rings. The van der Waals surface area contributed by atoms with Gasteiger partial charge >= 0.3 is 0 Å². The summed E-state index contributed by atoms with van der Waals surface area (Å²) < 4.78 is 1.97. The third-order valence-corrected chi connectivity index (χ3v) is 4.22. The van der Waals surface area contributed by atoms with Crippen LogP contribution >= 0.6 is 0 Å². The topological polar surface area (TPSA) is 38.0 Å². The van der Waals surface area contributed by atoms with Crippen LogP contribution in [0, 0.1) is 11.3 Å². The Morgan fingerprint density at radius 1 is 1.24 bits per heavy atom. The summed E-state index contributed by atoms with van der Waals surface area (Å²) in [6.45, 7) is 7.01. The molecule has 0 bridgehead atoms. The van der Waals surface area contributed by atoms with Crippen LogP contribution in [0.2, 0.25) is 0 Å². The van der Waals surface area contributed by atoms with Crippen molar-refractivity contribution in [3.05, 3.63) is 12.0 Å². The van der Waals surface area contributed by atoms with Crippen LogP contribution in [-0.4, -0.2) is 14.7 Å². The van der Waals surface area contributed by atoms with Gasteiger partial charge in [-0.15, -0.1) is 0 Å². The number of imidazole rings is 1. The summed E-state index contributed by atoms with van der Waals surface area (Å²) >= 11 is 0. The summed E-state index contributed by atoms with van der Waals surface area (Å²) in [6.07, 6.45) is 6.66. The maximum atomic E-state index is 9.41. The molecule has 1 aliphatic rings. The van der Waals surface area contributed by atoms with Gasteiger partial charge in [0.15, 0.2) is 0 Å². The second-order valence-electron chi connectivity index (χ2n) is 6.48. The highest BCUT2D eigenvalue weighted by Gasteiger charge is 2.31. The first-order valence-electron chi connectivity index (χ1n) is 6.60. The van der Waals surface area contributed by atoms with E-state index in [1.165, 1.54) is 25.7 Å². The number of rotatable bonds is 1. The molecular formula is C14H24N2O. The van der Waals surface area contributed by atoms with E-state index in [0.717, 1.165) is 11.7 Å². The molecule has 1 fully saturated rings. The van der Waals surface area contributed by atoms with E-state index in [4.69, 9.17) is 0 Å². The average Bonchev–Trinajstić information content (AvgIpc) is 2.57. The highest BCUT2D eigenvalue weighted by molar-refractivity contribution is 5.12. The number of hydrogen-bond donors (Lipinski definition) is 1. The quantitative estimate of drug-likeness (QED) is 0.811. The predicted octanol–water partition coefficient (Wildman–Crippen LogP) is 3.45. The van der Waals surface area contributed by atoms with Gasteiger partial charge in [-0.1, -0.05) is 20.8 Å². The van der Waals surface area contributed by atoms with Crippen molar-refractivity contribution < 1.29 is 5.11 Å². The zero-order chi connectivity index (χ0) is 12.6. The van der Waals surface area contributed by atoms with Crippen molar-refractivity contribution in [1.29, 1.82) is 0 Å². The summed E-state index contributed by atoms with van der Waals surface area (Å²) in [6, 6.07) is 0. The van der Waals surface area contributed by atoms with Gasteiger partial charge in [0, 0.05) is 13.0 Å². The van der Waals surface area contributed by atoms with Gasteiger partial charge in [0.2, 0.25) is 5.88 Å². The standard InChI is InChI=1S/C14H24N2O/c1-14(2,3)11-7-5-10(6-8-11)13-15-12(17)9-16(13)4/h9-11,17H,5-8H2,1-4H3. The van der Waals surface area contributed by atoms with Crippen LogP contribution in [0.1, 0.15) is 58.2 Å². The molecular weight excluding hydrogens is 212 g/mol. The van der Waals surface area contributed by atoms with E-state index in [9.17, 15) is 5.11 Å². The SMILES string of the molecule is Cn1cc(O)nc1C1CCC(C(C)(C)C)CC1. The lowest BCUT2D eigenvalue weighted by atomic mass is 9.70. The van der Waals surface area contributed by atoms with Gasteiger partial charge in [-0.05, 0) is 37.0 Å². The molecule has 0 unspecified atom stereocenters. The van der Waals surface area contributed by atoms with Gasteiger partial charge in [-0.2, -0.15) is 4.98 Å². The maximum absolute atomic E-state index is 9.41. The number of aromatic nitrogens is 2. The van der Waals surface area contributed by atoms with E-state index < -0.39 is 0 Å². The number of aromatic hydroxyl groups is 1. The smallest absolute Gasteiger partial charge is 0.229 e. The maximum Gasteiger partial charge on any atom is 0.229 e. The first kappa shape index (κ1) is 12.5. The Kier molecular flexibility index (Phi) is 3.19. The van der Waals surface area contributed by atoms with Crippen molar-refractivity contribution >= 4 is 0 Å². The fourth-order valence-corrected chi connectivity index (χ4v) is 3.06. The summed E-state index contributed by atoms with van der Waals surface area (Å²) in [5.74, 6) is 2.56. The van der Waals surface area contributed by atoms with Gasteiger partial charge in [-0.25, -0.2) is 0 Å². The van der Waals surface area contributed by atoms with Gasteiger partial charge in [0.1, 0.15) is 5.82 Å². The van der Waals surface area contributed by atoms with Gasteiger partial charge in [0.25, 0.3) is 0 Å². The van der Waals surface area contributed by atoms with Crippen LogP contribution in [-0.2, 0) is 7.05 Å². The van der Waals surface area contributed by atoms with E-state index >= 15 is 0 Å². The molecule has 0 spiro atoms. The second-order valence-corrected chi connectivity index (χ2v) is 6.48. The molecule has 1 N–H and O–H groups in total. The molecule has 0 amide bonds. The van der Waals surface area contributed by atoms with Crippen LogP contribution in [0.15, 0.2) is 6.20 Å². The third kappa shape index (κ3) is 2.64. The van der Waals surface area contributed by atoms with E-state index in [2.05, 4.69) is 25.8 Å². The first-order chi connectivity index (χ1) is 7.88. The largest absolute Gasteiger partial charge is 0.492 e. The van der Waals surface area contributed by atoms with Gasteiger partial charge < -0.3 is 9.67 Å². The Balaban J connectivity index is 2.02. The molecule has 96 valence electrons. The van der Waals surface area contributed by atoms with Crippen molar-refractivity contribution in [1.82, 2.24) is 9.55 Å². The fourth-order valence-electron chi connectivity index (χ4n) is 3.06. The van der Waals surface area contributed by atoms with E-state index in [-0.39, 0.29) is 5.88 Å². The molecule has 0 radical (unpaired) electrons.